The molecular weight excluding hydrogens is 270 g/mol. The van der Waals surface area contributed by atoms with E-state index in [2.05, 4.69) is 21.0 Å². The number of rotatable bonds is 3. The Morgan fingerprint density at radius 2 is 2.31 bits per heavy atom. The summed E-state index contributed by atoms with van der Waals surface area (Å²) in [7, 11) is 1.87. The molecule has 0 radical (unpaired) electrons. The number of benzene rings is 1. The Balaban J connectivity index is 2.07. The number of aromatic nitrogens is 2. The van der Waals surface area contributed by atoms with Crippen LogP contribution in [0.1, 0.15) is 5.56 Å². The largest absolute Gasteiger partial charge is 0.488 e. The second-order valence-electron chi connectivity index (χ2n) is 3.50. The molecule has 0 atom stereocenters. The number of nitrogen functional groups attached to an aromatic ring is 1. The summed E-state index contributed by atoms with van der Waals surface area (Å²) < 4.78 is 8.27. The minimum Gasteiger partial charge on any atom is -0.488 e. The highest BCUT2D eigenvalue weighted by Crippen LogP contribution is 2.27. The van der Waals surface area contributed by atoms with Crippen LogP contribution in [0.3, 0.4) is 0 Å². The summed E-state index contributed by atoms with van der Waals surface area (Å²) in [5.74, 6) is 0.740. The van der Waals surface area contributed by atoms with Crippen molar-refractivity contribution in [3.8, 4) is 5.75 Å². The molecule has 0 aliphatic heterocycles. The standard InChI is InChI=1S/C11H12BrN3O/c1-15-6-8(5-14-15)7-16-11-4-9(13)2-3-10(11)12/h2-6H,7,13H2,1H3. The minimum absolute atomic E-state index is 0.482. The first-order valence-electron chi connectivity index (χ1n) is 4.80. The number of hydrogen-bond donors (Lipinski definition) is 1. The molecule has 0 amide bonds. The number of nitrogens with two attached hydrogens (primary N) is 1. The molecule has 16 heavy (non-hydrogen) atoms. The molecule has 0 saturated carbocycles. The van der Waals surface area contributed by atoms with Crippen LogP contribution in [0.15, 0.2) is 35.1 Å². The van der Waals surface area contributed by atoms with Crippen LogP contribution in [0.4, 0.5) is 5.69 Å². The van der Waals surface area contributed by atoms with Crippen LogP contribution in [0.5, 0.6) is 5.75 Å². The Hall–Kier alpha value is -1.49. The summed E-state index contributed by atoms with van der Waals surface area (Å²) >= 11 is 3.41. The van der Waals surface area contributed by atoms with Crippen LogP contribution in [0, 0.1) is 0 Å². The van der Waals surface area contributed by atoms with E-state index in [9.17, 15) is 0 Å². The fourth-order valence-electron chi connectivity index (χ4n) is 1.34. The van der Waals surface area contributed by atoms with E-state index >= 15 is 0 Å². The van der Waals surface area contributed by atoms with Crippen molar-refractivity contribution in [1.82, 2.24) is 9.78 Å². The van der Waals surface area contributed by atoms with Crippen molar-refractivity contribution in [3.63, 3.8) is 0 Å². The van der Waals surface area contributed by atoms with Crippen molar-refractivity contribution in [3.05, 3.63) is 40.6 Å². The number of nitrogens with zero attached hydrogens (tertiary/aromatic N) is 2. The van der Waals surface area contributed by atoms with E-state index in [0.29, 0.717) is 12.3 Å². The third-order valence-electron chi connectivity index (χ3n) is 2.11. The summed E-state index contributed by atoms with van der Waals surface area (Å²) in [6.07, 6.45) is 3.69. The lowest BCUT2D eigenvalue weighted by atomic mass is 10.3. The van der Waals surface area contributed by atoms with E-state index in [-0.39, 0.29) is 0 Å². The average Bonchev–Trinajstić information content (AvgIpc) is 2.66. The van der Waals surface area contributed by atoms with Gasteiger partial charge < -0.3 is 10.5 Å². The molecule has 0 spiro atoms. The van der Waals surface area contributed by atoms with Crippen molar-refractivity contribution in [2.75, 3.05) is 5.73 Å². The lowest BCUT2D eigenvalue weighted by molar-refractivity contribution is 0.304. The van der Waals surface area contributed by atoms with Gasteiger partial charge in [-0.25, -0.2) is 0 Å². The summed E-state index contributed by atoms with van der Waals surface area (Å²) in [6.45, 7) is 0.482. The Labute approximate surface area is 102 Å². The van der Waals surface area contributed by atoms with Crippen molar-refractivity contribution >= 4 is 21.6 Å². The molecule has 0 bridgehead atoms. The fourth-order valence-corrected chi connectivity index (χ4v) is 1.70. The second kappa shape index (κ2) is 4.57. The molecule has 0 fully saturated rings. The smallest absolute Gasteiger partial charge is 0.136 e. The molecule has 2 rings (SSSR count). The molecule has 0 aliphatic carbocycles. The van der Waals surface area contributed by atoms with Gasteiger partial charge in [-0.15, -0.1) is 0 Å². The van der Waals surface area contributed by atoms with Gasteiger partial charge in [0.25, 0.3) is 0 Å². The highest BCUT2D eigenvalue weighted by molar-refractivity contribution is 9.10. The van der Waals surface area contributed by atoms with Crippen LogP contribution >= 0.6 is 15.9 Å². The number of halogens is 1. The van der Waals surface area contributed by atoms with E-state index in [4.69, 9.17) is 10.5 Å². The average molecular weight is 282 g/mol. The highest BCUT2D eigenvalue weighted by atomic mass is 79.9. The molecular formula is C11H12BrN3O. The van der Waals surface area contributed by atoms with Gasteiger partial charge in [0.15, 0.2) is 0 Å². The van der Waals surface area contributed by atoms with Gasteiger partial charge in [0, 0.05) is 30.6 Å². The first kappa shape index (κ1) is 11.0. The summed E-state index contributed by atoms with van der Waals surface area (Å²) in [5.41, 5.74) is 7.39. The van der Waals surface area contributed by atoms with E-state index in [1.807, 2.05) is 25.4 Å². The maximum absolute atomic E-state index is 5.68. The quantitative estimate of drug-likeness (QED) is 0.879. The lowest BCUT2D eigenvalue weighted by Gasteiger charge is -2.07. The highest BCUT2D eigenvalue weighted by Gasteiger charge is 2.03. The molecule has 0 aliphatic rings. The van der Waals surface area contributed by atoms with Crippen LogP contribution in [0.2, 0.25) is 0 Å². The van der Waals surface area contributed by atoms with Gasteiger partial charge in [-0.3, -0.25) is 4.68 Å². The van der Waals surface area contributed by atoms with E-state index in [1.165, 1.54) is 0 Å². The normalized spacial score (nSPS) is 10.4. The monoisotopic (exact) mass is 281 g/mol. The predicted molar refractivity (Wildman–Crippen MR) is 66.1 cm³/mol. The number of hydrogen-bond acceptors (Lipinski definition) is 3. The molecule has 1 aromatic heterocycles. The fraction of sp³-hybridized carbons (Fsp3) is 0.182. The van der Waals surface area contributed by atoms with Gasteiger partial charge in [-0.05, 0) is 28.1 Å². The zero-order valence-corrected chi connectivity index (χ0v) is 10.4. The third-order valence-corrected chi connectivity index (χ3v) is 2.76. The van der Waals surface area contributed by atoms with Gasteiger partial charge in [0.05, 0.1) is 10.7 Å². The predicted octanol–water partition coefficient (Wildman–Crippen LogP) is 2.34. The van der Waals surface area contributed by atoms with Crippen LogP contribution in [-0.2, 0) is 13.7 Å². The van der Waals surface area contributed by atoms with E-state index in [0.717, 1.165) is 15.8 Å². The molecule has 84 valence electrons. The van der Waals surface area contributed by atoms with Gasteiger partial charge in [-0.1, -0.05) is 0 Å². The van der Waals surface area contributed by atoms with Gasteiger partial charge in [0.1, 0.15) is 12.4 Å². The molecule has 1 heterocycles. The summed E-state index contributed by atoms with van der Waals surface area (Å²) in [4.78, 5) is 0. The SMILES string of the molecule is Cn1cc(COc2cc(N)ccc2Br)cn1. The zero-order chi connectivity index (χ0) is 11.5. The maximum Gasteiger partial charge on any atom is 0.136 e. The van der Waals surface area contributed by atoms with Crippen molar-refractivity contribution in [2.24, 2.45) is 7.05 Å². The Kier molecular flexibility index (Phi) is 3.14. The van der Waals surface area contributed by atoms with Gasteiger partial charge in [-0.2, -0.15) is 5.10 Å². The topological polar surface area (TPSA) is 53.1 Å². The first-order valence-corrected chi connectivity index (χ1v) is 5.60. The van der Waals surface area contributed by atoms with E-state index in [1.54, 1.807) is 16.9 Å². The van der Waals surface area contributed by atoms with E-state index < -0.39 is 0 Å². The third kappa shape index (κ3) is 2.55. The van der Waals surface area contributed by atoms with Crippen molar-refractivity contribution in [2.45, 2.75) is 6.61 Å². The molecule has 5 heteroatoms. The molecule has 1 aromatic carbocycles. The first-order chi connectivity index (χ1) is 7.65. The van der Waals surface area contributed by atoms with Gasteiger partial charge in [0.2, 0.25) is 0 Å². The Morgan fingerprint density at radius 1 is 1.50 bits per heavy atom. The number of anilines is 1. The summed E-state index contributed by atoms with van der Waals surface area (Å²) in [6, 6.07) is 5.48. The molecule has 4 nitrogen and oxygen atoms in total. The Bertz CT molecular complexity index is 496. The minimum atomic E-state index is 0.482. The number of ether oxygens (including phenoxy) is 1. The van der Waals surface area contributed by atoms with Crippen LogP contribution in [-0.4, -0.2) is 9.78 Å². The Morgan fingerprint density at radius 3 is 3.00 bits per heavy atom. The number of aryl methyl sites for hydroxylation is 1. The molecule has 2 aromatic rings. The van der Waals surface area contributed by atoms with Crippen LogP contribution in [0.25, 0.3) is 0 Å². The maximum atomic E-state index is 5.68. The van der Waals surface area contributed by atoms with Gasteiger partial charge >= 0.3 is 0 Å². The summed E-state index contributed by atoms with van der Waals surface area (Å²) in [5, 5.41) is 4.07. The molecule has 2 N–H and O–H groups in total. The lowest BCUT2D eigenvalue weighted by Crippen LogP contribution is -1.96. The molecule has 0 unspecified atom stereocenters. The van der Waals surface area contributed by atoms with Crippen molar-refractivity contribution < 1.29 is 4.74 Å². The zero-order valence-electron chi connectivity index (χ0n) is 8.85. The second-order valence-corrected chi connectivity index (χ2v) is 4.36. The van der Waals surface area contributed by atoms with Crippen LogP contribution < -0.4 is 10.5 Å². The van der Waals surface area contributed by atoms with Crippen molar-refractivity contribution in [1.29, 1.82) is 0 Å². The molecule has 0 saturated heterocycles.